The Morgan fingerprint density at radius 2 is 1.83 bits per heavy atom. The van der Waals surface area contributed by atoms with E-state index in [1.54, 1.807) is 36.5 Å². The van der Waals surface area contributed by atoms with Gasteiger partial charge in [-0.05, 0) is 43.2 Å². The van der Waals surface area contributed by atoms with E-state index >= 15 is 0 Å². The second kappa shape index (κ2) is 7.49. The molecule has 1 amide bonds. The largest absolute Gasteiger partial charge is 0.354 e. The summed E-state index contributed by atoms with van der Waals surface area (Å²) >= 11 is 0. The van der Waals surface area contributed by atoms with Crippen LogP contribution in [0.4, 0.5) is 11.6 Å². The molecule has 1 aromatic heterocycles. The van der Waals surface area contributed by atoms with Gasteiger partial charge in [0.25, 0.3) is 5.91 Å². The molecule has 0 aliphatic rings. The molecule has 6 heteroatoms. The average molecular weight is 312 g/mol. The average Bonchev–Trinajstić information content (AvgIpc) is 2.53. The molecule has 2 aromatic rings. The molecule has 0 saturated heterocycles. The van der Waals surface area contributed by atoms with Crippen molar-refractivity contribution in [3.8, 4) is 0 Å². The first-order valence-corrected chi connectivity index (χ1v) is 7.45. The summed E-state index contributed by atoms with van der Waals surface area (Å²) in [4.78, 5) is 31.8. The van der Waals surface area contributed by atoms with Crippen molar-refractivity contribution in [3.05, 3.63) is 47.8 Å². The fourth-order valence-corrected chi connectivity index (χ4v) is 1.85. The lowest BCUT2D eigenvalue weighted by atomic mass is 10.1. The number of anilines is 2. The first kappa shape index (κ1) is 16.6. The first-order valence-electron chi connectivity index (χ1n) is 7.45. The summed E-state index contributed by atoms with van der Waals surface area (Å²) in [7, 11) is 0. The highest BCUT2D eigenvalue weighted by molar-refractivity contribution is 6.03. The number of carbonyl (C=O) groups excluding carboxylic acids is 2. The summed E-state index contributed by atoms with van der Waals surface area (Å²) in [5, 5.41) is 5.83. The van der Waals surface area contributed by atoms with E-state index in [9.17, 15) is 9.59 Å². The Morgan fingerprint density at radius 1 is 1.13 bits per heavy atom. The van der Waals surface area contributed by atoms with Gasteiger partial charge >= 0.3 is 0 Å². The van der Waals surface area contributed by atoms with Gasteiger partial charge in [-0.25, -0.2) is 9.97 Å². The molecule has 0 bridgehead atoms. The third-order valence-electron chi connectivity index (χ3n) is 3.11. The van der Waals surface area contributed by atoms with Crippen LogP contribution in [0.25, 0.3) is 0 Å². The Bertz CT molecular complexity index is 696. The number of hydrogen-bond donors (Lipinski definition) is 2. The number of rotatable bonds is 6. The van der Waals surface area contributed by atoms with Crippen molar-refractivity contribution >= 4 is 23.3 Å². The van der Waals surface area contributed by atoms with Gasteiger partial charge < -0.3 is 10.6 Å². The highest BCUT2D eigenvalue weighted by atomic mass is 16.2. The van der Waals surface area contributed by atoms with Crippen LogP contribution in [0, 0.1) is 5.92 Å². The van der Waals surface area contributed by atoms with E-state index in [4.69, 9.17) is 0 Å². The molecule has 0 spiro atoms. The van der Waals surface area contributed by atoms with E-state index in [1.165, 1.54) is 6.92 Å². The Balaban J connectivity index is 2.05. The summed E-state index contributed by atoms with van der Waals surface area (Å²) in [6, 6.07) is 8.28. The van der Waals surface area contributed by atoms with Gasteiger partial charge in [-0.1, -0.05) is 13.8 Å². The van der Waals surface area contributed by atoms with E-state index in [0.29, 0.717) is 23.1 Å². The first-order chi connectivity index (χ1) is 11.0. The molecule has 0 aliphatic heterocycles. The van der Waals surface area contributed by atoms with E-state index in [1.807, 2.05) is 0 Å². The number of carbonyl (C=O) groups is 2. The molecule has 0 fully saturated rings. The Kier molecular flexibility index (Phi) is 5.41. The van der Waals surface area contributed by atoms with Crippen molar-refractivity contribution in [1.82, 2.24) is 9.97 Å². The van der Waals surface area contributed by atoms with Gasteiger partial charge in [0.1, 0.15) is 5.69 Å². The Hall–Kier alpha value is -2.76. The van der Waals surface area contributed by atoms with E-state index in [2.05, 4.69) is 34.4 Å². The van der Waals surface area contributed by atoms with Crippen LogP contribution in [0.1, 0.15) is 41.6 Å². The van der Waals surface area contributed by atoms with Crippen LogP contribution in [0.3, 0.4) is 0 Å². The highest BCUT2D eigenvalue weighted by Gasteiger charge is 2.10. The topological polar surface area (TPSA) is 84.0 Å². The summed E-state index contributed by atoms with van der Waals surface area (Å²) in [5.74, 6) is 0.546. The van der Waals surface area contributed by atoms with Crippen LogP contribution in [-0.2, 0) is 0 Å². The minimum Gasteiger partial charge on any atom is -0.354 e. The number of nitrogens with one attached hydrogen (secondary N) is 2. The molecule has 23 heavy (non-hydrogen) atoms. The molecule has 0 saturated carbocycles. The van der Waals surface area contributed by atoms with Crippen LogP contribution in [0.2, 0.25) is 0 Å². The minimum absolute atomic E-state index is 0.0143. The van der Waals surface area contributed by atoms with Crippen LogP contribution in [0.15, 0.2) is 36.5 Å². The smallest absolute Gasteiger partial charge is 0.274 e. The third kappa shape index (κ3) is 4.88. The summed E-state index contributed by atoms with van der Waals surface area (Å²) in [6.07, 6.45) is 1.55. The van der Waals surface area contributed by atoms with Crippen LogP contribution in [0.5, 0.6) is 0 Å². The maximum absolute atomic E-state index is 12.2. The molecule has 2 rings (SSSR count). The van der Waals surface area contributed by atoms with Gasteiger partial charge in [0.2, 0.25) is 5.95 Å². The predicted molar refractivity (Wildman–Crippen MR) is 89.8 cm³/mol. The third-order valence-corrected chi connectivity index (χ3v) is 3.11. The highest BCUT2D eigenvalue weighted by Crippen LogP contribution is 2.12. The lowest BCUT2D eigenvalue weighted by molar-refractivity contribution is 0.101. The fourth-order valence-electron chi connectivity index (χ4n) is 1.85. The molecule has 0 atom stereocenters. The summed E-state index contributed by atoms with van der Waals surface area (Å²) in [5.41, 5.74) is 1.49. The molecule has 1 aromatic carbocycles. The van der Waals surface area contributed by atoms with E-state index < -0.39 is 0 Å². The van der Waals surface area contributed by atoms with Crippen LogP contribution < -0.4 is 10.6 Å². The van der Waals surface area contributed by atoms with Gasteiger partial charge in [0.15, 0.2) is 5.78 Å². The molecular formula is C17H20N4O2. The number of amides is 1. The zero-order valence-electron chi connectivity index (χ0n) is 13.5. The van der Waals surface area contributed by atoms with Crippen LogP contribution in [-0.4, -0.2) is 28.2 Å². The van der Waals surface area contributed by atoms with Crippen molar-refractivity contribution in [1.29, 1.82) is 0 Å². The maximum Gasteiger partial charge on any atom is 0.274 e. The number of nitrogens with zero attached hydrogens (tertiary/aromatic N) is 2. The summed E-state index contributed by atoms with van der Waals surface area (Å²) < 4.78 is 0. The van der Waals surface area contributed by atoms with Gasteiger partial charge in [-0.3, -0.25) is 9.59 Å². The van der Waals surface area contributed by atoms with Gasteiger partial charge in [0, 0.05) is 24.0 Å². The fraction of sp³-hybridized carbons (Fsp3) is 0.294. The zero-order valence-corrected chi connectivity index (χ0v) is 13.5. The molecule has 120 valence electrons. The molecule has 6 nitrogen and oxygen atoms in total. The quantitative estimate of drug-likeness (QED) is 0.801. The number of Topliss-reactive ketones (excluding diaryl/α,β-unsaturated/α-hetero) is 1. The van der Waals surface area contributed by atoms with E-state index in [0.717, 1.165) is 6.54 Å². The number of benzene rings is 1. The van der Waals surface area contributed by atoms with Gasteiger partial charge in [0.05, 0.1) is 0 Å². The minimum atomic E-state index is -0.324. The second-order valence-corrected chi connectivity index (χ2v) is 5.63. The number of ketones is 1. The molecular weight excluding hydrogens is 292 g/mol. The monoisotopic (exact) mass is 312 g/mol. The Morgan fingerprint density at radius 3 is 2.43 bits per heavy atom. The predicted octanol–water partition coefficient (Wildman–Crippen LogP) is 3.00. The van der Waals surface area contributed by atoms with Crippen LogP contribution >= 0.6 is 0 Å². The zero-order chi connectivity index (χ0) is 16.8. The molecule has 2 N–H and O–H groups in total. The Labute approximate surface area is 135 Å². The van der Waals surface area contributed by atoms with Crippen molar-refractivity contribution in [2.45, 2.75) is 20.8 Å². The van der Waals surface area contributed by atoms with Gasteiger partial charge in [-0.15, -0.1) is 0 Å². The second-order valence-electron chi connectivity index (χ2n) is 5.63. The molecule has 0 aliphatic carbocycles. The lowest BCUT2D eigenvalue weighted by Crippen LogP contribution is -2.16. The van der Waals surface area contributed by atoms with Crippen molar-refractivity contribution in [2.24, 2.45) is 5.92 Å². The maximum atomic E-state index is 12.2. The van der Waals surface area contributed by atoms with Crippen molar-refractivity contribution in [2.75, 3.05) is 17.2 Å². The molecule has 0 unspecified atom stereocenters. The normalized spacial score (nSPS) is 10.4. The van der Waals surface area contributed by atoms with Crippen molar-refractivity contribution in [3.63, 3.8) is 0 Å². The lowest BCUT2D eigenvalue weighted by Gasteiger charge is -2.09. The van der Waals surface area contributed by atoms with E-state index in [-0.39, 0.29) is 17.4 Å². The number of aromatic nitrogens is 2. The molecule has 1 heterocycles. The number of hydrogen-bond acceptors (Lipinski definition) is 5. The standard InChI is InChI=1S/C17H20N4O2/c1-11(2)10-19-17-18-9-8-15(21-17)16(23)20-14-6-4-13(5-7-14)12(3)22/h4-9,11H,10H2,1-3H3,(H,20,23)(H,18,19,21). The SMILES string of the molecule is CC(=O)c1ccc(NC(=O)c2ccnc(NCC(C)C)n2)cc1. The molecule has 0 radical (unpaired) electrons. The van der Waals surface area contributed by atoms with Crippen molar-refractivity contribution < 1.29 is 9.59 Å². The summed E-state index contributed by atoms with van der Waals surface area (Å²) in [6.45, 7) is 6.39. The van der Waals surface area contributed by atoms with Gasteiger partial charge in [-0.2, -0.15) is 0 Å².